The quantitative estimate of drug-likeness (QED) is 0.577. The second-order valence-electron chi connectivity index (χ2n) is 5.24. The van der Waals surface area contributed by atoms with E-state index in [0.717, 1.165) is 22.4 Å². The van der Waals surface area contributed by atoms with Crippen molar-refractivity contribution in [2.24, 2.45) is 0 Å². The van der Waals surface area contributed by atoms with Crippen LogP contribution >= 0.6 is 0 Å². The molecule has 0 aromatic carbocycles. The molecule has 0 saturated heterocycles. The number of hydrogen-bond donors (Lipinski definition) is 0. The summed E-state index contributed by atoms with van der Waals surface area (Å²) < 4.78 is 0. The molecule has 0 aliphatic carbocycles. The maximum absolute atomic E-state index is 4.38. The minimum atomic E-state index is 0.471. The van der Waals surface area contributed by atoms with Gasteiger partial charge in [0.1, 0.15) is 11.4 Å². The van der Waals surface area contributed by atoms with Crippen molar-refractivity contribution in [3.8, 4) is 28.3 Å². The van der Waals surface area contributed by atoms with Gasteiger partial charge in [0, 0.05) is 35.9 Å². The molecule has 4 rings (SSSR count). The van der Waals surface area contributed by atoms with Gasteiger partial charge in [-0.05, 0) is 42.0 Å². The normalized spacial score (nSPS) is 10.7. The molecule has 0 saturated carbocycles. The lowest BCUT2D eigenvalue weighted by atomic mass is 10.1. The lowest BCUT2D eigenvalue weighted by Crippen LogP contribution is -2.00. The predicted octanol–water partition coefficient (Wildman–Crippen LogP) is 2.49. The fourth-order valence-electron chi connectivity index (χ4n) is 2.37. The number of hydrogen-bond acceptors (Lipinski definition) is 6. The Bertz CT molecular complexity index is 979. The number of rotatable bonds is 3. The first-order chi connectivity index (χ1) is 11.8. The maximum atomic E-state index is 4.38. The Balaban J connectivity index is 1.72. The minimum absolute atomic E-state index is 0.471. The van der Waals surface area contributed by atoms with Crippen LogP contribution in [0, 0.1) is 6.92 Å². The molecule has 0 aliphatic rings. The molecule has 4 heterocycles. The van der Waals surface area contributed by atoms with E-state index in [1.54, 1.807) is 24.8 Å². The van der Waals surface area contributed by atoms with Crippen LogP contribution in [-0.4, -0.2) is 35.2 Å². The molecule has 4 aromatic rings. The molecular weight excluding hydrogens is 302 g/mol. The summed E-state index contributed by atoms with van der Waals surface area (Å²) in [7, 11) is 0. The first-order valence-electron chi connectivity index (χ1n) is 7.39. The molecule has 0 bridgehead atoms. The van der Waals surface area contributed by atoms with Gasteiger partial charge >= 0.3 is 0 Å². The highest BCUT2D eigenvalue weighted by Gasteiger charge is 2.10. The third kappa shape index (κ3) is 2.63. The van der Waals surface area contributed by atoms with Crippen molar-refractivity contribution >= 4 is 0 Å². The van der Waals surface area contributed by atoms with Crippen LogP contribution in [0.5, 0.6) is 0 Å². The maximum Gasteiger partial charge on any atom is 0.223 e. The summed E-state index contributed by atoms with van der Waals surface area (Å²) in [5.41, 5.74) is 4.51. The summed E-state index contributed by atoms with van der Waals surface area (Å²) in [4.78, 5) is 14.2. The lowest BCUT2D eigenvalue weighted by molar-refractivity contribution is 0.717. The van der Waals surface area contributed by atoms with Crippen LogP contribution in [0.25, 0.3) is 28.3 Å². The lowest BCUT2D eigenvalue weighted by Gasteiger charge is -2.06. The zero-order chi connectivity index (χ0) is 16.4. The molecule has 0 radical (unpaired) electrons. The first kappa shape index (κ1) is 14.1. The van der Waals surface area contributed by atoms with E-state index in [-0.39, 0.29) is 0 Å². The molecule has 0 N–H and O–H groups in total. The van der Waals surface area contributed by atoms with Gasteiger partial charge in [0.25, 0.3) is 0 Å². The van der Waals surface area contributed by atoms with Crippen LogP contribution in [0.3, 0.4) is 0 Å². The summed E-state index contributed by atoms with van der Waals surface area (Å²) >= 11 is 0. The fourth-order valence-corrected chi connectivity index (χ4v) is 2.37. The molecule has 0 spiro atoms. The van der Waals surface area contributed by atoms with Gasteiger partial charge in [0.15, 0.2) is 0 Å². The molecule has 0 amide bonds. The van der Waals surface area contributed by atoms with E-state index >= 15 is 0 Å². The van der Waals surface area contributed by atoms with Crippen molar-refractivity contribution in [2.75, 3.05) is 0 Å². The zero-order valence-corrected chi connectivity index (χ0v) is 12.9. The number of aromatic nitrogens is 7. The van der Waals surface area contributed by atoms with Gasteiger partial charge in [-0.25, -0.2) is 0 Å². The van der Waals surface area contributed by atoms with Crippen molar-refractivity contribution in [3.63, 3.8) is 0 Å². The number of pyridine rings is 3. The molecule has 0 atom stereocenters. The van der Waals surface area contributed by atoms with Crippen molar-refractivity contribution in [1.82, 2.24) is 35.2 Å². The van der Waals surface area contributed by atoms with E-state index < -0.39 is 0 Å². The van der Waals surface area contributed by atoms with E-state index in [2.05, 4.69) is 30.4 Å². The minimum Gasteiger partial charge on any atom is -0.264 e. The molecule has 7 nitrogen and oxygen atoms in total. The number of tetrazole rings is 1. The highest BCUT2D eigenvalue weighted by molar-refractivity contribution is 5.66. The summed E-state index contributed by atoms with van der Waals surface area (Å²) in [6.45, 7) is 2.04. The second kappa shape index (κ2) is 5.96. The third-order valence-electron chi connectivity index (χ3n) is 3.61. The van der Waals surface area contributed by atoms with E-state index in [1.165, 1.54) is 4.80 Å². The summed E-state index contributed by atoms with van der Waals surface area (Å²) in [5.74, 6) is 0.471. The van der Waals surface area contributed by atoms with Crippen molar-refractivity contribution < 1.29 is 0 Å². The van der Waals surface area contributed by atoms with Gasteiger partial charge in [0.2, 0.25) is 5.82 Å². The van der Waals surface area contributed by atoms with Crippen molar-refractivity contribution in [2.45, 2.75) is 6.92 Å². The van der Waals surface area contributed by atoms with E-state index in [1.807, 2.05) is 43.5 Å². The van der Waals surface area contributed by atoms with Crippen LogP contribution < -0.4 is 0 Å². The summed E-state index contributed by atoms with van der Waals surface area (Å²) in [6, 6.07) is 9.50. The third-order valence-corrected chi connectivity index (χ3v) is 3.61. The smallest absolute Gasteiger partial charge is 0.223 e. The molecule has 7 heteroatoms. The SMILES string of the molecule is Cc1ccncc1-c1cncc(-n2nnc(-c3ccccn3)n2)c1. The standard InChI is InChI=1S/C17H13N7/c1-12-5-7-18-11-15(12)13-8-14(10-19-9-13)24-22-17(21-23-24)16-4-2-3-6-20-16/h2-11H,1H3. The van der Waals surface area contributed by atoms with Gasteiger partial charge < -0.3 is 0 Å². The van der Waals surface area contributed by atoms with Gasteiger partial charge in [-0.3, -0.25) is 15.0 Å². The van der Waals surface area contributed by atoms with E-state index in [9.17, 15) is 0 Å². The first-order valence-corrected chi connectivity index (χ1v) is 7.39. The Hall–Kier alpha value is -3.48. The van der Waals surface area contributed by atoms with Crippen molar-refractivity contribution in [3.05, 3.63) is 66.9 Å². The Labute approximate surface area is 138 Å². The summed E-state index contributed by atoms with van der Waals surface area (Å²) in [6.07, 6.45) is 8.78. The van der Waals surface area contributed by atoms with Crippen LogP contribution in [0.15, 0.2) is 61.3 Å². The Morgan fingerprint density at radius 3 is 2.75 bits per heavy atom. The molecule has 0 unspecified atom stereocenters. The Kier molecular flexibility index (Phi) is 3.51. The average Bonchev–Trinajstić information content (AvgIpc) is 3.13. The molecule has 0 fully saturated rings. The highest BCUT2D eigenvalue weighted by atomic mass is 15.6. The fraction of sp³-hybridized carbons (Fsp3) is 0.0588. The van der Waals surface area contributed by atoms with Crippen LogP contribution in [0.1, 0.15) is 5.56 Å². The van der Waals surface area contributed by atoms with Crippen LogP contribution in [0.2, 0.25) is 0 Å². The molecule has 4 aromatic heterocycles. The second-order valence-corrected chi connectivity index (χ2v) is 5.24. The molecule has 116 valence electrons. The topological polar surface area (TPSA) is 82.3 Å². The molecule has 24 heavy (non-hydrogen) atoms. The summed E-state index contributed by atoms with van der Waals surface area (Å²) in [5, 5.41) is 12.5. The average molecular weight is 315 g/mol. The van der Waals surface area contributed by atoms with E-state index in [0.29, 0.717) is 11.5 Å². The Morgan fingerprint density at radius 2 is 1.92 bits per heavy atom. The highest BCUT2D eigenvalue weighted by Crippen LogP contribution is 2.23. The number of nitrogens with zero attached hydrogens (tertiary/aromatic N) is 7. The van der Waals surface area contributed by atoms with Crippen LogP contribution in [0.4, 0.5) is 0 Å². The zero-order valence-electron chi connectivity index (χ0n) is 12.9. The van der Waals surface area contributed by atoms with Crippen molar-refractivity contribution in [1.29, 1.82) is 0 Å². The van der Waals surface area contributed by atoms with Gasteiger partial charge in [-0.15, -0.1) is 15.0 Å². The predicted molar refractivity (Wildman–Crippen MR) is 88.1 cm³/mol. The van der Waals surface area contributed by atoms with Crippen LogP contribution in [-0.2, 0) is 0 Å². The Morgan fingerprint density at radius 1 is 0.958 bits per heavy atom. The molecule has 0 aliphatic heterocycles. The molecular formula is C17H13N7. The van der Waals surface area contributed by atoms with Gasteiger partial charge in [0.05, 0.1) is 6.20 Å². The van der Waals surface area contributed by atoms with E-state index in [4.69, 9.17) is 0 Å². The largest absolute Gasteiger partial charge is 0.264 e. The van der Waals surface area contributed by atoms with Gasteiger partial charge in [-0.1, -0.05) is 6.07 Å². The van der Waals surface area contributed by atoms with Gasteiger partial charge in [-0.2, -0.15) is 0 Å². The number of aryl methyl sites for hydroxylation is 1. The monoisotopic (exact) mass is 315 g/mol.